The van der Waals surface area contributed by atoms with Crippen molar-refractivity contribution in [2.45, 2.75) is 45.1 Å². The van der Waals surface area contributed by atoms with Crippen LogP contribution in [0.25, 0.3) is 38.9 Å². The fraction of sp³-hybridized carbons (Fsp3) is 0.433. The monoisotopic (exact) mass is 543 g/mol. The third-order valence-corrected chi connectivity index (χ3v) is 8.05. The molecular weight excluding hydrogens is 506 g/mol. The summed E-state index contributed by atoms with van der Waals surface area (Å²) in [5.74, 6) is 1.65. The summed E-state index contributed by atoms with van der Waals surface area (Å²) in [5, 5.41) is 14.5. The number of aromatic nitrogens is 6. The highest BCUT2D eigenvalue weighted by molar-refractivity contribution is 5.94. The smallest absolute Gasteiger partial charge is 0.328 e. The number of piperidine rings is 1. The van der Waals surface area contributed by atoms with Gasteiger partial charge >= 0.3 is 5.69 Å². The van der Waals surface area contributed by atoms with Crippen LogP contribution in [0.2, 0.25) is 0 Å². The van der Waals surface area contributed by atoms with Gasteiger partial charge in [0, 0.05) is 63.0 Å². The molecule has 10 heteroatoms. The van der Waals surface area contributed by atoms with Crippen molar-refractivity contribution in [3.8, 4) is 22.6 Å². The van der Waals surface area contributed by atoms with Crippen molar-refractivity contribution in [2.24, 2.45) is 21.1 Å². The third-order valence-electron chi connectivity index (χ3n) is 8.05. The van der Waals surface area contributed by atoms with E-state index in [2.05, 4.69) is 53.5 Å². The zero-order chi connectivity index (χ0) is 28.5. The molecule has 4 heterocycles. The van der Waals surface area contributed by atoms with Crippen LogP contribution < -0.4 is 15.3 Å². The average molecular weight is 544 g/mol. The Balaban J connectivity index is 1.66. The van der Waals surface area contributed by atoms with Gasteiger partial charge in [0.15, 0.2) is 0 Å². The van der Waals surface area contributed by atoms with Crippen LogP contribution in [-0.4, -0.2) is 59.9 Å². The fourth-order valence-corrected chi connectivity index (χ4v) is 5.91. The lowest BCUT2D eigenvalue weighted by Crippen LogP contribution is -2.36. The van der Waals surface area contributed by atoms with Gasteiger partial charge in [-0.3, -0.25) is 18.4 Å². The molecule has 1 fully saturated rings. The Morgan fingerprint density at radius 3 is 2.35 bits per heavy atom. The lowest BCUT2D eigenvalue weighted by Gasteiger charge is -2.32. The largest absolute Gasteiger partial charge is 0.496 e. The minimum atomic E-state index is -0.291. The Bertz CT molecular complexity index is 1810. The Labute approximate surface area is 233 Å². The molecule has 6 rings (SSSR count). The highest BCUT2D eigenvalue weighted by Gasteiger charge is 2.28. The van der Waals surface area contributed by atoms with E-state index in [-0.39, 0.29) is 17.2 Å². The molecule has 210 valence electrons. The van der Waals surface area contributed by atoms with E-state index in [0.717, 1.165) is 69.2 Å². The van der Waals surface area contributed by atoms with Crippen molar-refractivity contribution < 1.29 is 9.84 Å². The fourth-order valence-electron chi connectivity index (χ4n) is 5.91. The number of imidazole rings is 2. The first kappa shape index (κ1) is 26.2. The Kier molecular flexibility index (Phi) is 6.06. The van der Waals surface area contributed by atoms with E-state index in [4.69, 9.17) is 9.72 Å². The second kappa shape index (κ2) is 9.26. The van der Waals surface area contributed by atoms with Crippen molar-refractivity contribution in [2.75, 3.05) is 25.1 Å². The van der Waals surface area contributed by atoms with Crippen LogP contribution in [0, 0.1) is 0 Å². The van der Waals surface area contributed by atoms with Gasteiger partial charge in [-0.1, -0.05) is 20.8 Å². The molecular formula is C30H37N7O3. The summed E-state index contributed by atoms with van der Waals surface area (Å²) in [7, 11) is 7.22. The molecule has 1 aliphatic heterocycles. The molecule has 40 heavy (non-hydrogen) atoms. The maximum Gasteiger partial charge on any atom is 0.328 e. The number of nitrogens with zero attached hydrogens (tertiary/aromatic N) is 7. The standard InChI is InChI=1S/C30H37N7O3/c1-30(2,3)28-32-22-14-21(18-16-31-33(4)17-18)26(40-7)15-23(22)37(28)19-12-24-27(35(6)29(39)34(24)5)25(13-19)36-10-8-20(38)9-11-36/h12-17,20,38H,8-11H2,1-7H3. The molecule has 10 nitrogen and oxygen atoms in total. The van der Waals surface area contributed by atoms with E-state index in [9.17, 15) is 9.90 Å². The normalized spacial score (nSPS) is 15.1. The van der Waals surface area contributed by atoms with E-state index in [0.29, 0.717) is 12.8 Å². The Morgan fingerprint density at radius 1 is 1.00 bits per heavy atom. The molecule has 2 aromatic carbocycles. The summed E-state index contributed by atoms with van der Waals surface area (Å²) >= 11 is 0. The van der Waals surface area contributed by atoms with Crippen LogP contribution in [0.5, 0.6) is 5.75 Å². The molecule has 1 aliphatic rings. The summed E-state index contributed by atoms with van der Waals surface area (Å²) in [6, 6.07) is 8.36. The van der Waals surface area contributed by atoms with Gasteiger partial charge in [-0.05, 0) is 31.0 Å². The van der Waals surface area contributed by atoms with Crippen LogP contribution in [0.3, 0.4) is 0 Å². The van der Waals surface area contributed by atoms with Crippen molar-refractivity contribution in [1.29, 1.82) is 0 Å². The first-order valence-corrected chi connectivity index (χ1v) is 13.7. The predicted molar refractivity (Wildman–Crippen MR) is 158 cm³/mol. The molecule has 5 aromatic rings. The number of aryl methyl sites for hydroxylation is 3. The summed E-state index contributed by atoms with van der Waals surface area (Å²) in [4.78, 5) is 20.5. The van der Waals surface area contributed by atoms with Crippen molar-refractivity contribution in [1.82, 2.24) is 28.5 Å². The summed E-state index contributed by atoms with van der Waals surface area (Å²) < 4.78 is 13.3. The maximum absolute atomic E-state index is 13.1. The second-order valence-electron chi connectivity index (χ2n) is 11.9. The molecule has 0 aliphatic carbocycles. The van der Waals surface area contributed by atoms with Gasteiger partial charge in [0.2, 0.25) is 0 Å². The van der Waals surface area contributed by atoms with Gasteiger partial charge in [0.05, 0.1) is 52.9 Å². The molecule has 0 unspecified atom stereocenters. The number of aliphatic hydroxyl groups is 1. The molecule has 0 radical (unpaired) electrons. The molecule has 3 aromatic heterocycles. The van der Waals surface area contributed by atoms with Gasteiger partial charge in [-0.25, -0.2) is 9.78 Å². The lowest BCUT2D eigenvalue weighted by atomic mass is 9.95. The predicted octanol–water partition coefficient (Wildman–Crippen LogP) is 3.88. The number of ether oxygens (including phenoxy) is 1. The number of rotatable bonds is 4. The van der Waals surface area contributed by atoms with Crippen LogP contribution in [0.15, 0.2) is 41.5 Å². The van der Waals surface area contributed by atoms with Gasteiger partial charge in [-0.15, -0.1) is 0 Å². The molecule has 0 bridgehead atoms. The zero-order valence-corrected chi connectivity index (χ0v) is 24.3. The molecule has 0 amide bonds. The van der Waals surface area contributed by atoms with Gasteiger partial charge in [0.25, 0.3) is 0 Å². The van der Waals surface area contributed by atoms with Crippen LogP contribution in [0.1, 0.15) is 39.4 Å². The van der Waals surface area contributed by atoms with Crippen molar-refractivity contribution in [3.05, 3.63) is 53.0 Å². The first-order valence-electron chi connectivity index (χ1n) is 13.7. The minimum Gasteiger partial charge on any atom is -0.496 e. The van der Waals surface area contributed by atoms with Gasteiger partial charge in [-0.2, -0.15) is 5.10 Å². The number of methoxy groups -OCH3 is 1. The topological polar surface area (TPSA) is 95.3 Å². The molecule has 0 saturated carbocycles. The van der Waals surface area contributed by atoms with Gasteiger partial charge in [0.1, 0.15) is 11.6 Å². The number of aliphatic hydroxyl groups excluding tert-OH is 1. The number of hydrogen-bond acceptors (Lipinski definition) is 6. The third kappa shape index (κ3) is 4.09. The minimum absolute atomic E-state index is 0.0697. The number of anilines is 1. The van der Waals surface area contributed by atoms with Crippen LogP contribution in [-0.2, 0) is 26.6 Å². The summed E-state index contributed by atoms with van der Waals surface area (Å²) in [6.07, 6.45) is 4.90. The van der Waals surface area contributed by atoms with E-state index >= 15 is 0 Å². The van der Waals surface area contributed by atoms with Crippen molar-refractivity contribution in [3.63, 3.8) is 0 Å². The molecule has 1 saturated heterocycles. The first-order chi connectivity index (χ1) is 19.0. The quantitative estimate of drug-likeness (QED) is 0.370. The second-order valence-corrected chi connectivity index (χ2v) is 11.9. The van der Waals surface area contributed by atoms with E-state index in [1.165, 1.54) is 0 Å². The number of fused-ring (bicyclic) bond motifs is 2. The number of benzene rings is 2. The highest BCUT2D eigenvalue weighted by Crippen LogP contribution is 2.39. The molecule has 0 spiro atoms. The highest BCUT2D eigenvalue weighted by atomic mass is 16.5. The summed E-state index contributed by atoms with van der Waals surface area (Å²) in [6.45, 7) is 7.93. The van der Waals surface area contributed by atoms with Crippen molar-refractivity contribution >= 4 is 27.8 Å². The Hall–Kier alpha value is -4.05. The van der Waals surface area contributed by atoms with E-state index in [1.807, 2.05) is 39.6 Å². The summed E-state index contributed by atoms with van der Waals surface area (Å²) in [5.41, 5.74) is 7.00. The number of hydrogen-bond donors (Lipinski definition) is 1. The van der Waals surface area contributed by atoms with Crippen LogP contribution in [0.4, 0.5) is 5.69 Å². The average Bonchev–Trinajstić information content (AvgIpc) is 3.59. The SMILES string of the molecule is COc1cc2c(cc1-c1cnn(C)c1)nc(C(C)(C)C)n2-c1cc(N2CCC(O)CC2)c2c(c1)n(C)c(=O)n2C. The molecule has 1 N–H and O–H groups in total. The Morgan fingerprint density at radius 2 is 1.73 bits per heavy atom. The van der Waals surface area contributed by atoms with E-state index < -0.39 is 0 Å². The van der Waals surface area contributed by atoms with Crippen LogP contribution >= 0.6 is 0 Å². The van der Waals surface area contributed by atoms with Gasteiger partial charge < -0.3 is 14.7 Å². The lowest BCUT2D eigenvalue weighted by molar-refractivity contribution is 0.145. The van der Waals surface area contributed by atoms with E-state index in [1.54, 1.807) is 20.9 Å². The molecule has 0 atom stereocenters. The zero-order valence-electron chi connectivity index (χ0n) is 24.3. The maximum atomic E-state index is 13.1.